The maximum atomic E-state index is 12.5. The van der Waals surface area contributed by atoms with Crippen LogP contribution in [0.2, 0.25) is 0 Å². The van der Waals surface area contributed by atoms with Crippen molar-refractivity contribution >= 4 is 17.0 Å². The Morgan fingerprint density at radius 2 is 2.00 bits per heavy atom. The molecule has 0 aliphatic rings. The van der Waals surface area contributed by atoms with Gasteiger partial charge in [0.25, 0.3) is 0 Å². The standard InChI is InChI=1S/C19H22F3N3S/c1-2-3-4-5-6-14-7-8-17(26-14)13-9-10-25-16(11-13)15(23)12-18(24)19(20,21)22/h7-12,23H,2-6,24H2,1H3. The molecule has 0 spiro atoms. The number of aryl methyl sites for hydroxylation is 1. The third kappa shape index (κ3) is 5.69. The number of nitrogens with two attached hydrogens (primary N) is 1. The molecule has 0 atom stereocenters. The predicted molar refractivity (Wildman–Crippen MR) is 101 cm³/mol. The van der Waals surface area contributed by atoms with Gasteiger partial charge in [-0.1, -0.05) is 26.2 Å². The highest BCUT2D eigenvalue weighted by molar-refractivity contribution is 7.15. The smallest absolute Gasteiger partial charge is 0.395 e. The number of pyridine rings is 1. The number of allylic oxidation sites excluding steroid dienone is 2. The Morgan fingerprint density at radius 3 is 2.69 bits per heavy atom. The van der Waals surface area contributed by atoms with E-state index in [0.717, 1.165) is 23.3 Å². The van der Waals surface area contributed by atoms with Crippen molar-refractivity contribution < 1.29 is 13.2 Å². The predicted octanol–water partition coefficient (Wildman–Crippen LogP) is 5.71. The minimum absolute atomic E-state index is 0.160. The van der Waals surface area contributed by atoms with Gasteiger partial charge in [-0.2, -0.15) is 13.2 Å². The van der Waals surface area contributed by atoms with Gasteiger partial charge < -0.3 is 5.73 Å². The summed E-state index contributed by atoms with van der Waals surface area (Å²) in [6, 6.07) is 7.50. The molecule has 0 amide bonds. The van der Waals surface area contributed by atoms with Crippen LogP contribution in [0.1, 0.15) is 43.2 Å². The summed E-state index contributed by atoms with van der Waals surface area (Å²) in [4.78, 5) is 6.29. The maximum absolute atomic E-state index is 12.5. The molecule has 7 heteroatoms. The first-order valence-corrected chi connectivity index (χ1v) is 9.31. The van der Waals surface area contributed by atoms with Crippen LogP contribution >= 0.6 is 11.3 Å². The van der Waals surface area contributed by atoms with E-state index in [1.54, 1.807) is 23.5 Å². The number of alkyl halides is 3. The molecule has 26 heavy (non-hydrogen) atoms. The minimum atomic E-state index is -4.65. The molecule has 2 aromatic rings. The fourth-order valence-corrected chi connectivity index (χ4v) is 3.48. The van der Waals surface area contributed by atoms with Gasteiger partial charge in [0.15, 0.2) is 0 Å². The lowest BCUT2D eigenvalue weighted by Crippen LogP contribution is -2.20. The molecule has 0 fully saturated rings. The molecule has 0 aliphatic carbocycles. The number of hydrogen-bond donors (Lipinski definition) is 2. The molecule has 0 unspecified atom stereocenters. The van der Waals surface area contributed by atoms with E-state index >= 15 is 0 Å². The van der Waals surface area contributed by atoms with Crippen molar-refractivity contribution in [3.05, 3.63) is 52.8 Å². The van der Waals surface area contributed by atoms with Crippen molar-refractivity contribution in [2.75, 3.05) is 0 Å². The van der Waals surface area contributed by atoms with E-state index in [0.29, 0.717) is 6.08 Å². The fraction of sp³-hybridized carbons (Fsp3) is 0.368. The number of thiophene rings is 1. The lowest BCUT2D eigenvalue weighted by atomic mass is 10.1. The average Bonchev–Trinajstić information content (AvgIpc) is 3.07. The van der Waals surface area contributed by atoms with Gasteiger partial charge in [0.05, 0.1) is 11.4 Å². The first kappa shape index (κ1) is 20.2. The quantitative estimate of drug-likeness (QED) is 0.455. The first-order chi connectivity index (χ1) is 12.3. The van der Waals surface area contributed by atoms with E-state index in [1.807, 2.05) is 6.07 Å². The largest absolute Gasteiger partial charge is 0.430 e. The Labute approximate surface area is 155 Å². The van der Waals surface area contributed by atoms with E-state index in [1.165, 1.54) is 30.3 Å². The number of aromatic nitrogens is 1. The van der Waals surface area contributed by atoms with Crippen LogP contribution < -0.4 is 5.73 Å². The molecule has 0 aromatic carbocycles. The van der Waals surface area contributed by atoms with Gasteiger partial charge in [-0.15, -0.1) is 11.3 Å². The number of rotatable bonds is 8. The molecule has 140 valence electrons. The fourth-order valence-electron chi connectivity index (χ4n) is 2.44. The van der Waals surface area contributed by atoms with Crippen molar-refractivity contribution in [1.29, 1.82) is 5.41 Å². The van der Waals surface area contributed by atoms with Crippen LogP contribution in [-0.2, 0) is 6.42 Å². The van der Waals surface area contributed by atoms with E-state index in [4.69, 9.17) is 11.1 Å². The second kappa shape index (κ2) is 8.98. The molecule has 2 rings (SSSR count). The van der Waals surface area contributed by atoms with Crippen molar-refractivity contribution in [1.82, 2.24) is 4.98 Å². The summed E-state index contributed by atoms with van der Waals surface area (Å²) >= 11 is 1.66. The molecule has 3 nitrogen and oxygen atoms in total. The molecule has 0 bridgehead atoms. The molecule has 0 saturated carbocycles. The lowest BCUT2D eigenvalue weighted by molar-refractivity contribution is -0.0925. The van der Waals surface area contributed by atoms with Gasteiger partial charge in [-0.25, -0.2) is 0 Å². The second-order valence-electron chi connectivity index (χ2n) is 6.02. The van der Waals surface area contributed by atoms with Gasteiger partial charge in [0, 0.05) is 16.0 Å². The van der Waals surface area contributed by atoms with Crippen molar-refractivity contribution in [3.8, 4) is 10.4 Å². The molecule has 0 saturated heterocycles. The van der Waals surface area contributed by atoms with Crippen LogP contribution in [0.3, 0.4) is 0 Å². The summed E-state index contributed by atoms with van der Waals surface area (Å²) in [7, 11) is 0. The molecule has 0 radical (unpaired) electrons. The van der Waals surface area contributed by atoms with Crippen molar-refractivity contribution in [3.63, 3.8) is 0 Å². The third-order valence-corrected chi connectivity index (χ3v) is 5.08. The highest BCUT2D eigenvalue weighted by Crippen LogP contribution is 2.29. The SMILES string of the molecule is CCCCCCc1ccc(-c2ccnc(C(=N)C=C(N)C(F)(F)F)c2)s1. The van der Waals surface area contributed by atoms with E-state index in [2.05, 4.69) is 18.0 Å². The highest BCUT2D eigenvalue weighted by atomic mass is 32.1. The average molecular weight is 381 g/mol. The Hall–Kier alpha value is -2.15. The van der Waals surface area contributed by atoms with Crippen LogP contribution in [0.15, 0.2) is 42.2 Å². The zero-order valence-electron chi connectivity index (χ0n) is 14.6. The van der Waals surface area contributed by atoms with E-state index < -0.39 is 11.9 Å². The highest BCUT2D eigenvalue weighted by Gasteiger charge is 2.31. The Balaban J connectivity index is 2.12. The normalized spacial score (nSPS) is 12.4. The Bertz CT molecular complexity index is 778. The third-order valence-electron chi connectivity index (χ3n) is 3.89. The Kier molecular flexibility index (Phi) is 6.97. The van der Waals surface area contributed by atoms with Gasteiger partial charge in [0.1, 0.15) is 5.70 Å². The van der Waals surface area contributed by atoms with Crippen LogP contribution in [0.5, 0.6) is 0 Å². The van der Waals surface area contributed by atoms with Gasteiger partial charge in [0.2, 0.25) is 0 Å². The molecule has 3 N–H and O–H groups in total. The molecule has 0 aliphatic heterocycles. The van der Waals surface area contributed by atoms with E-state index in [-0.39, 0.29) is 11.4 Å². The summed E-state index contributed by atoms with van der Waals surface area (Å²) in [6.07, 6.45) is 3.29. The molecular weight excluding hydrogens is 359 g/mol. The summed E-state index contributed by atoms with van der Waals surface area (Å²) in [5.41, 5.74) is 4.31. The molecule has 2 heterocycles. The van der Waals surface area contributed by atoms with Crippen LogP contribution in [0.25, 0.3) is 10.4 Å². The summed E-state index contributed by atoms with van der Waals surface area (Å²) in [5, 5.41) is 7.82. The van der Waals surface area contributed by atoms with E-state index in [9.17, 15) is 13.2 Å². The van der Waals surface area contributed by atoms with Gasteiger partial charge in [-0.3, -0.25) is 10.4 Å². The van der Waals surface area contributed by atoms with Crippen molar-refractivity contribution in [2.24, 2.45) is 5.73 Å². The Morgan fingerprint density at radius 1 is 1.23 bits per heavy atom. The molecule has 2 aromatic heterocycles. The van der Waals surface area contributed by atoms with Crippen LogP contribution in [0, 0.1) is 5.41 Å². The summed E-state index contributed by atoms with van der Waals surface area (Å²) in [5.74, 6) is 0. The van der Waals surface area contributed by atoms with Crippen molar-refractivity contribution in [2.45, 2.75) is 45.2 Å². The molecular formula is C19H22F3N3S. The maximum Gasteiger partial charge on any atom is 0.430 e. The summed E-state index contributed by atoms with van der Waals surface area (Å²) < 4.78 is 37.5. The first-order valence-electron chi connectivity index (χ1n) is 8.49. The zero-order valence-corrected chi connectivity index (χ0v) is 15.4. The van der Waals surface area contributed by atoms with Crippen LogP contribution in [0.4, 0.5) is 13.2 Å². The summed E-state index contributed by atoms with van der Waals surface area (Å²) in [6.45, 7) is 2.18. The van der Waals surface area contributed by atoms with Crippen LogP contribution in [-0.4, -0.2) is 16.9 Å². The number of nitrogens with one attached hydrogen (secondary N) is 1. The lowest BCUT2D eigenvalue weighted by Gasteiger charge is -2.07. The number of halogens is 3. The number of hydrogen-bond acceptors (Lipinski definition) is 4. The van der Waals surface area contributed by atoms with Gasteiger partial charge >= 0.3 is 6.18 Å². The zero-order chi connectivity index (χ0) is 19.2. The second-order valence-corrected chi connectivity index (χ2v) is 7.19. The monoisotopic (exact) mass is 381 g/mol. The number of unbranched alkanes of at least 4 members (excludes halogenated alkanes) is 3. The van der Waals surface area contributed by atoms with Gasteiger partial charge in [-0.05, 0) is 48.7 Å². The number of nitrogens with zero attached hydrogens (tertiary/aromatic N) is 1. The topological polar surface area (TPSA) is 62.8 Å². The minimum Gasteiger partial charge on any atom is -0.395 e.